The summed E-state index contributed by atoms with van der Waals surface area (Å²) in [7, 11) is 0. The van der Waals surface area contributed by atoms with E-state index in [1.54, 1.807) is 6.07 Å². The zero-order valence-corrected chi connectivity index (χ0v) is 9.80. The van der Waals surface area contributed by atoms with Gasteiger partial charge in [-0.2, -0.15) is 0 Å². The van der Waals surface area contributed by atoms with Crippen LogP contribution >= 0.6 is 12.4 Å². The van der Waals surface area contributed by atoms with Crippen LogP contribution in [0.4, 0.5) is 0 Å². The van der Waals surface area contributed by atoms with E-state index in [0.29, 0.717) is 12.1 Å². The SMILES string of the molecule is CC(C)NC(=O)c1cccc(CN)c1.Cl. The van der Waals surface area contributed by atoms with Crippen LogP contribution in [-0.2, 0) is 6.54 Å². The van der Waals surface area contributed by atoms with Crippen molar-refractivity contribution in [2.75, 3.05) is 0 Å². The Labute approximate surface area is 96.5 Å². The van der Waals surface area contributed by atoms with Crippen molar-refractivity contribution in [2.45, 2.75) is 26.4 Å². The van der Waals surface area contributed by atoms with Gasteiger partial charge in [-0.25, -0.2) is 0 Å². The minimum atomic E-state index is -0.0460. The van der Waals surface area contributed by atoms with Crippen LogP contribution in [0.15, 0.2) is 24.3 Å². The van der Waals surface area contributed by atoms with Crippen molar-refractivity contribution in [1.29, 1.82) is 0 Å². The third kappa shape index (κ3) is 4.32. The first-order valence-corrected chi connectivity index (χ1v) is 4.73. The van der Waals surface area contributed by atoms with Gasteiger partial charge in [0.1, 0.15) is 0 Å². The number of nitrogens with two attached hydrogens (primary N) is 1. The summed E-state index contributed by atoms with van der Waals surface area (Å²) < 4.78 is 0. The van der Waals surface area contributed by atoms with Crippen molar-refractivity contribution in [1.82, 2.24) is 5.32 Å². The van der Waals surface area contributed by atoms with Crippen LogP contribution in [0.25, 0.3) is 0 Å². The Morgan fingerprint density at radius 3 is 2.67 bits per heavy atom. The second-order valence-electron chi connectivity index (χ2n) is 3.53. The number of halogens is 1. The third-order valence-electron chi connectivity index (χ3n) is 1.84. The number of amides is 1. The molecule has 0 saturated heterocycles. The molecule has 0 aliphatic carbocycles. The summed E-state index contributed by atoms with van der Waals surface area (Å²) in [6.07, 6.45) is 0. The Morgan fingerprint density at radius 1 is 1.47 bits per heavy atom. The highest BCUT2D eigenvalue weighted by Gasteiger charge is 2.06. The standard InChI is InChI=1S/C11H16N2O.ClH/c1-8(2)13-11(14)10-5-3-4-9(6-10)7-12;/h3-6,8H,7,12H2,1-2H3,(H,13,14);1H. The Balaban J connectivity index is 0.00000196. The van der Waals surface area contributed by atoms with Gasteiger partial charge in [-0.1, -0.05) is 12.1 Å². The van der Waals surface area contributed by atoms with Crippen molar-refractivity contribution in [2.24, 2.45) is 5.73 Å². The Bertz CT molecular complexity index is 326. The summed E-state index contributed by atoms with van der Waals surface area (Å²) >= 11 is 0. The van der Waals surface area contributed by atoms with Gasteiger partial charge in [0, 0.05) is 18.2 Å². The molecular formula is C11H17ClN2O. The van der Waals surface area contributed by atoms with Gasteiger partial charge in [-0.15, -0.1) is 12.4 Å². The number of carbonyl (C=O) groups is 1. The molecule has 0 aliphatic rings. The second kappa shape index (κ2) is 6.43. The number of rotatable bonds is 3. The van der Waals surface area contributed by atoms with E-state index in [4.69, 9.17) is 5.73 Å². The molecule has 84 valence electrons. The molecule has 1 aromatic rings. The van der Waals surface area contributed by atoms with Gasteiger partial charge in [0.15, 0.2) is 0 Å². The number of hydrogen-bond acceptors (Lipinski definition) is 2. The molecule has 0 spiro atoms. The quantitative estimate of drug-likeness (QED) is 0.828. The lowest BCUT2D eigenvalue weighted by Crippen LogP contribution is -2.30. The lowest BCUT2D eigenvalue weighted by molar-refractivity contribution is 0.0943. The highest BCUT2D eigenvalue weighted by molar-refractivity contribution is 5.94. The summed E-state index contributed by atoms with van der Waals surface area (Å²) in [6, 6.07) is 7.52. The van der Waals surface area contributed by atoms with Crippen LogP contribution in [0.5, 0.6) is 0 Å². The van der Waals surface area contributed by atoms with E-state index < -0.39 is 0 Å². The van der Waals surface area contributed by atoms with Gasteiger partial charge < -0.3 is 11.1 Å². The maximum atomic E-state index is 11.6. The molecular weight excluding hydrogens is 212 g/mol. The lowest BCUT2D eigenvalue weighted by atomic mass is 10.1. The summed E-state index contributed by atoms with van der Waals surface area (Å²) in [6.45, 7) is 4.33. The zero-order chi connectivity index (χ0) is 10.6. The van der Waals surface area contributed by atoms with Crippen molar-refractivity contribution in [3.05, 3.63) is 35.4 Å². The molecule has 15 heavy (non-hydrogen) atoms. The zero-order valence-electron chi connectivity index (χ0n) is 8.99. The van der Waals surface area contributed by atoms with Crippen LogP contribution in [0.1, 0.15) is 29.8 Å². The van der Waals surface area contributed by atoms with Crippen LogP contribution in [0.3, 0.4) is 0 Å². The molecule has 0 atom stereocenters. The molecule has 0 aliphatic heterocycles. The van der Waals surface area contributed by atoms with Crippen LogP contribution in [-0.4, -0.2) is 11.9 Å². The third-order valence-corrected chi connectivity index (χ3v) is 1.84. The van der Waals surface area contributed by atoms with Gasteiger partial charge in [-0.3, -0.25) is 4.79 Å². The van der Waals surface area contributed by atoms with E-state index in [2.05, 4.69) is 5.32 Å². The molecule has 0 fully saturated rings. The summed E-state index contributed by atoms with van der Waals surface area (Å²) in [4.78, 5) is 11.6. The molecule has 1 aromatic carbocycles. The maximum absolute atomic E-state index is 11.6. The molecule has 0 saturated carbocycles. The first kappa shape index (κ1) is 13.9. The Morgan fingerprint density at radius 2 is 2.13 bits per heavy atom. The van der Waals surface area contributed by atoms with Gasteiger partial charge in [0.05, 0.1) is 0 Å². The summed E-state index contributed by atoms with van der Waals surface area (Å²) in [5.41, 5.74) is 7.13. The van der Waals surface area contributed by atoms with Gasteiger partial charge in [0.25, 0.3) is 5.91 Å². The van der Waals surface area contributed by atoms with E-state index in [1.807, 2.05) is 32.0 Å². The fourth-order valence-electron chi connectivity index (χ4n) is 1.19. The highest BCUT2D eigenvalue weighted by Crippen LogP contribution is 2.04. The fraction of sp³-hybridized carbons (Fsp3) is 0.364. The normalized spacial score (nSPS) is 9.60. The highest BCUT2D eigenvalue weighted by atomic mass is 35.5. The van der Waals surface area contributed by atoms with Crippen molar-refractivity contribution >= 4 is 18.3 Å². The summed E-state index contributed by atoms with van der Waals surface area (Å²) in [5.74, 6) is -0.0460. The van der Waals surface area contributed by atoms with E-state index in [1.165, 1.54) is 0 Å². The second-order valence-corrected chi connectivity index (χ2v) is 3.53. The van der Waals surface area contributed by atoms with Crippen molar-refractivity contribution in [3.8, 4) is 0 Å². The minimum absolute atomic E-state index is 0. The number of nitrogens with one attached hydrogen (secondary N) is 1. The van der Waals surface area contributed by atoms with Crippen LogP contribution < -0.4 is 11.1 Å². The smallest absolute Gasteiger partial charge is 0.251 e. The topological polar surface area (TPSA) is 55.1 Å². The first-order chi connectivity index (χ1) is 6.63. The Kier molecular flexibility index (Phi) is 5.97. The van der Waals surface area contributed by atoms with Gasteiger partial charge in [-0.05, 0) is 31.5 Å². The monoisotopic (exact) mass is 228 g/mol. The predicted octanol–water partition coefficient (Wildman–Crippen LogP) is 1.71. The molecule has 0 bridgehead atoms. The number of carbonyl (C=O) groups excluding carboxylic acids is 1. The van der Waals surface area contributed by atoms with E-state index in [-0.39, 0.29) is 24.4 Å². The molecule has 4 heteroatoms. The molecule has 0 unspecified atom stereocenters. The van der Waals surface area contributed by atoms with Gasteiger partial charge in [0.2, 0.25) is 0 Å². The van der Waals surface area contributed by atoms with Gasteiger partial charge >= 0.3 is 0 Å². The fourth-order valence-corrected chi connectivity index (χ4v) is 1.19. The molecule has 0 heterocycles. The van der Waals surface area contributed by atoms with E-state index in [9.17, 15) is 4.79 Å². The molecule has 1 amide bonds. The number of benzene rings is 1. The number of hydrogen-bond donors (Lipinski definition) is 2. The minimum Gasteiger partial charge on any atom is -0.350 e. The Hall–Kier alpha value is -1.06. The van der Waals surface area contributed by atoms with Crippen molar-refractivity contribution in [3.63, 3.8) is 0 Å². The van der Waals surface area contributed by atoms with Crippen LogP contribution in [0.2, 0.25) is 0 Å². The molecule has 0 aromatic heterocycles. The predicted molar refractivity (Wildman–Crippen MR) is 64.2 cm³/mol. The summed E-state index contributed by atoms with van der Waals surface area (Å²) in [5, 5.41) is 2.83. The van der Waals surface area contributed by atoms with E-state index >= 15 is 0 Å². The molecule has 0 radical (unpaired) electrons. The molecule has 3 nitrogen and oxygen atoms in total. The lowest BCUT2D eigenvalue weighted by Gasteiger charge is -2.08. The maximum Gasteiger partial charge on any atom is 0.251 e. The molecule has 1 rings (SSSR count). The average molecular weight is 229 g/mol. The first-order valence-electron chi connectivity index (χ1n) is 4.73. The average Bonchev–Trinajstić information content (AvgIpc) is 2.17. The van der Waals surface area contributed by atoms with Crippen LogP contribution in [0, 0.1) is 0 Å². The largest absolute Gasteiger partial charge is 0.350 e. The molecule has 3 N–H and O–H groups in total. The van der Waals surface area contributed by atoms with Crippen molar-refractivity contribution < 1.29 is 4.79 Å². The van der Waals surface area contributed by atoms with E-state index in [0.717, 1.165) is 5.56 Å².